The smallest absolute Gasteiger partial charge is 0.251 e. The Morgan fingerprint density at radius 3 is 2.56 bits per heavy atom. The molecule has 2 aliphatic rings. The number of amides is 2. The Hall–Kier alpha value is -2.75. The topological polar surface area (TPSA) is 96.0 Å². The van der Waals surface area contributed by atoms with E-state index in [-0.39, 0.29) is 29.8 Å². The first kappa shape index (κ1) is 22.4. The molecule has 2 saturated heterocycles. The van der Waals surface area contributed by atoms with Gasteiger partial charge in [-0.15, -0.1) is 0 Å². The van der Waals surface area contributed by atoms with Crippen LogP contribution in [0.3, 0.4) is 0 Å². The van der Waals surface area contributed by atoms with Gasteiger partial charge in [0.1, 0.15) is 0 Å². The highest BCUT2D eigenvalue weighted by Crippen LogP contribution is 2.26. The van der Waals surface area contributed by atoms with E-state index in [0.29, 0.717) is 25.3 Å². The van der Waals surface area contributed by atoms with E-state index in [2.05, 4.69) is 22.3 Å². The Kier molecular flexibility index (Phi) is 6.59. The minimum Gasteiger partial charge on any atom is -0.379 e. The molecule has 2 fully saturated rings. The molecule has 2 aliphatic heterocycles. The van der Waals surface area contributed by atoms with Crippen LogP contribution in [-0.2, 0) is 19.6 Å². The molecular weight excluding hydrogens is 430 g/mol. The molecule has 0 aliphatic carbocycles. The van der Waals surface area contributed by atoms with Crippen LogP contribution in [0.4, 0.5) is 5.69 Å². The lowest BCUT2D eigenvalue weighted by Crippen LogP contribution is -2.43. The molecule has 4 rings (SSSR count). The van der Waals surface area contributed by atoms with Crippen molar-refractivity contribution in [2.45, 2.75) is 19.4 Å². The maximum absolute atomic E-state index is 12.9. The Bertz CT molecular complexity index is 1110. The van der Waals surface area contributed by atoms with E-state index in [9.17, 15) is 18.0 Å². The number of benzene rings is 2. The minimum absolute atomic E-state index is 0.00790. The average Bonchev–Trinajstić information content (AvgIpc) is 3.06. The summed E-state index contributed by atoms with van der Waals surface area (Å²) in [6.07, 6.45) is -0.0452. The Morgan fingerprint density at radius 2 is 1.88 bits per heavy atom. The third-order valence-electron chi connectivity index (χ3n) is 5.79. The van der Waals surface area contributed by atoms with E-state index in [0.717, 1.165) is 28.5 Å². The summed E-state index contributed by atoms with van der Waals surface area (Å²) in [7, 11) is -3.68. The molecule has 0 saturated carbocycles. The summed E-state index contributed by atoms with van der Waals surface area (Å²) in [6, 6.07) is 14.4. The van der Waals surface area contributed by atoms with Gasteiger partial charge in [-0.2, -0.15) is 0 Å². The van der Waals surface area contributed by atoms with Crippen molar-refractivity contribution in [3.05, 3.63) is 65.2 Å². The standard InChI is InChI=1S/C23H27N3O5S/c1-17-4-2-5-18(14-17)21(25-9-11-31-12-10-25)16-24-23(28)19-6-3-7-20(15-19)26-22(27)8-13-32(26,29)30/h2-7,14-15,21H,8-13,16H2,1H3,(H,24,28). The van der Waals surface area contributed by atoms with Crippen LogP contribution in [0.2, 0.25) is 0 Å². The van der Waals surface area contributed by atoms with Crippen molar-refractivity contribution in [3.63, 3.8) is 0 Å². The molecule has 2 aromatic rings. The highest BCUT2D eigenvalue weighted by atomic mass is 32.2. The number of morpholine rings is 1. The quantitative estimate of drug-likeness (QED) is 0.712. The third kappa shape index (κ3) is 4.85. The average molecular weight is 458 g/mol. The van der Waals surface area contributed by atoms with Crippen molar-refractivity contribution in [3.8, 4) is 0 Å². The van der Waals surface area contributed by atoms with Crippen LogP contribution >= 0.6 is 0 Å². The van der Waals surface area contributed by atoms with Crippen LogP contribution in [-0.4, -0.2) is 63.7 Å². The Balaban J connectivity index is 1.52. The summed E-state index contributed by atoms with van der Waals surface area (Å²) in [5.74, 6) is -1.00. The number of carbonyl (C=O) groups excluding carboxylic acids is 2. The van der Waals surface area contributed by atoms with Gasteiger partial charge in [-0.05, 0) is 30.7 Å². The number of anilines is 1. The first-order chi connectivity index (χ1) is 15.3. The van der Waals surface area contributed by atoms with Gasteiger partial charge in [0, 0.05) is 31.6 Å². The number of hydrogen-bond acceptors (Lipinski definition) is 6. The minimum atomic E-state index is -3.68. The van der Waals surface area contributed by atoms with Gasteiger partial charge in [-0.3, -0.25) is 14.5 Å². The van der Waals surface area contributed by atoms with Crippen molar-refractivity contribution in [1.82, 2.24) is 10.2 Å². The van der Waals surface area contributed by atoms with Gasteiger partial charge in [0.15, 0.2) is 0 Å². The summed E-state index contributed by atoms with van der Waals surface area (Å²) in [5, 5.41) is 2.99. The van der Waals surface area contributed by atoms with Crippen molar-refractivity contribution in [2.75, 3.05) is 42.9 Å². The van der Waals surface area contributed by atoms with Gasteiger partial charge >= 0.3 is 0 Å². The third-order valence-corrected chi connectivity index (χ3v) is 7.48. The van der Waals surface area contributed by atoms with Gasteiger partial charge < -0.3 is 10.1 Å². The van der Waals surface area contributed by atoms with E-state index < -0.39 is 15.9 Å². The normalized spacial score (nSPS) is 19.7. The second-order valence-electron chi connectivity index (χ2n) is 8.06. The molecule has 0 spiro atoms. The number of rotatable bonds is 6. The van der Waals surface area contributed by atoms with Crippen LogP contribution in [0, 0.1) is 6.92 Å². The van der Waals surface area contributed by atoms with Crippen LogP contribution < -0.4 is 9.62 Å². The molecule has 170 valence electrons. The maximum Gasteiger partial charge on any atom is 0.251 e. The summed E-state index contributed by atoms with van der Waals surface area (Å²) < 4.78 is 30.7. The molecule has 9 heteroatoms. The fourth-order valence-corrected chi connectivity index (χ4v) is 5.61. The molecule has 0 bridgehead atoms. The van der Waals surface area contributed by atoms with Crippen molar-refractivity contribution >= 4 is 27.5 Å². The molecule has 8 nitrogen and oxygen atoms in total. The first-order valence-electron chi connectivity index (χ1n) is 10.7. The van der Waals surface area contributed by atoms with Crippen molar-refractivity contribution in [2.24, 2.45) is 0 Å². The fraction of sp³-hybridized carbons (Fsp3) is 0.391. The van der Waals surface area contributed by atoms with Crippen molar-refractivity contribution in [1.29, 1.82) is 0 Å². The first-order valence-corrected chi connectivity index (χ1v) is 12.3. The number of hydrogen-bond donors (Lipinski definition) is 1. The molecule has 0 radical (unpaired) electrons. The highest BCUT2D eigenvalue weighted by molar-refractivity contribution is 7.94. The van der Waals surface area contributed by atoms with Crippen LogP contribution in [0.1, 0.15) is 33.9 Å². The zero-order valence-electron chi connectivity index (χ0n) is 18.0. The molecule has 0 aromatic heterocycles. The molecule has 1 unspecified atom stereocenters. The number of nitrogens with zero attached hydrogens (tertiary/aromatic N) is 2. The lowest BCUT2D eigenvalue weighted by Gasteiger charge is -2.35. The highest BCUT2D eigenvalue weighted by Gasteiger charge is 2.36. The Labute approximate surface area is 188 Å². The van der Waals surface area contributed by atoms with Crippen LogP contribution in [0.5, 0.6) is 0 Å². The molecular formula is C23H27N3O5S. The predicted octanol–water partition coefficient (Wildman–Crippen LogP) is 1.86. The fourth-order valence-electron chi connectivity index (χ4n) is 4.16. The van der Waals surface area contributed by atoms with E-state index >= 15 is 0 Å². The number of carbonyl (C=O) groups is 2. The number of nitrogens with one attached hydrogen (secondary N) is 1. The monoisotopic (exact) mass is 457 g/mol. The summed E-state index contributed by atoms with van der Waals surface area (Å²) >= 11 is 0. The Morgan fingerprint density at radius 1 is 1.12 bits per heavy atom. The predicted molar refractivity (Wildman–Crippen MR) is 121 cm³/mol. The number of sulfonamides is 1. The van der Waals surface area contributed by atoms with Crippen LogP contribution in [0.15, 0.2) is 48.5 Å². The molecule has 2 heterocycles. The second kappa shape index (κ2) is 9.40. The molecule has 1 atom stereocenters. The van der Waals surface area contributed by atoms with Gasteiger partial charge in [0.2, 0.25) is 15.9 Å². The second-order valence-corrected chi connectivity index (χ2v) is 10.0. The molecule has 1 N–H and O–H groups in total. The van der Waals surface area contributed by atoms with Crippen molar-refractivity contribution < 1.29 is 22.7 Å². The van der Waals surface area contributed by atoms with Gasteiger partial charge in [-0.25, -0.2) is 12.7 Å². The summed E-state index contributed by atoms with van der Waals surface area (Å²) in [5.41, 5.74) is 2.77. The zero-order chi connectivity index (χ0) is 22.7. The largest absolute Gasteiger partial charge is 0.379 e. The molecule has 2 amide bonds. The summed E-state index contributed by atoms with van der Waals surface area (Å²) in [6.45, 7) is 5.29. The van der Waals surface area contributed by atoms with Gasteiger partial charge in [0.25, 0.3) is 5.91 Å². The molecule has 32 heavy (non-hydrogen) atoms. The zero-order valence-corrected chi connectivity index (χ0v) is 18.8. The van der Waals surface area contributed by atoms with E-state index in [1.165, 1.54) is 12.1 Å². The van der Waals surface area contributed by atoms with Crippen LogP contribution in [0.25, 0.3) is 0 Å². The SMILES string of the molecule is Cc1cccc(C(CNC(=O)c2cccc(N3C(=O)CCS3(=O)=O)c2)N2CCOCC2)c1. The molecule has 2 aromatic carbocycles. The lowest BCUT2D eigenvalue weighted by molar-refractivity contribution is -0.116. The van der Waals surface area contributed by atoms with E-state index in [1.54, 1.807) is 12.1 Å². The number of aryl methyl sites for hydroxylation is 1. The number of ether oxygens (including phenoxy) is 1. The van der Waals surface area contributed by atoms with E-state index in [4.69, 9.17) is 4.74 Å². The van der Waals surface area contributed by atoms with Gasteiger partial charge in [0.05, 0.1) is 30.7 Å². The van der Waals surface area contributed by atoms with E-state index in [1.807, 2.05) is 19.1 Å². The lowest BCUT2D eigenvalue weighted by atomic mass is 10.0. The van der Waals surface area contributed by atoms with Gasteiger partial charge in [-0.1, -0.05) is 35.9 Å². The maximum atomic E-state index is 12.9. The summed E-state index contributed by atoms with van der Waals surface area (Å²) in [4.78, 5) is 27.3.